The van der Waals surface area contributed by atoms with E-state index in [4.69, 9.17) is 0 Å². The highest BCUT2D eigenvalue weighted by Gasteiger charge is 2.34. The topological polar surface area (TPSA) is 110 Å². The summed E-state index contributed by atoms with van der Waals surface area (Å²) in [7, 11) is 0. The maximum absolute atomic E-state index is 12.4. The lowest BCUT2D eigenvalue weighted by molar-refractivity contribution is -0.385. The molecule has 3 amide bonds. The molecule has 0 saturated heterocycles. The van der Waals surface area contributed by atoms with Crippen molar-refractivity contribution in [3.8, 4) is 0 Å². The zero-order valence-corrected chi connectivity index (χ0v) is 19.6. The summed E-state index contributed by atoms with van der Waals surface area (Å²) in [5.41, 5.74) is 1.13. The summed E-state index contributed by atoms with van der Waals surface area (Å²) in [5, 5.41) is 14.1. The predicted molar refractivity (Wildman–Crippen MR) is 133 cm³/mol. The number of rotatable bonds is 10. The van der Waals surface area contributed by atoms with Crippen LogP contribution in [0.5, 0.6) is 0 Å². The number of unbranched alkanes of at least 4 members (excludes halogenated alkanes) is 2. The van der Waals surface area contributed by atoms with E-state index in [0.717, 1.165) is 4.90 Å². The van der Waals surface area contributed by atoms with Crippen molar-refractivity contribution >= 4 is 40.9 Å². The first-order chi connectivity index (χ1) is 16.9. The van der Waals surface area contributed by atoms with Gasteiger partial charge in [-0.25, -0.2) is 0 Å². The SMILES string of the molecule is O=C(CCCCCN1C(=O)c2ccccc2C1=O)Nc1cc(Sc2ccccc2)cc([N+](=O)[O-])c1. The molecule has 0 unspecified atom stereocenters. The molecule has 178 valence electrons. The van der Waals surface area contributed by atoms with Crippen LogP contribution in [-0.4, -0.2) is 34.1 Å². The fraction of sp³-hybridized carbons (Fsp3) is 0.192. The molecule has 8 nitrogen and oxygen atoms in total. The summed E-state index contributed by atoms with van der Waals surface area (Å²) in [6, 6.07) is 20.8. The van der Waals surface area contributed by atoms with Crippen LogP contribution in [0.2, 0.25) is 0 Å². The molecule has 9 heteroatoms. The van der Waals surface area contributed by atoms with Crippen LogP contribution in [0.1, 0.15) is 46.4 Å². The minimum atomic E-state index is -0.482. The Bertz CT molecular complexity index is 1240. The molecule has 0 radical (unpaired) electrons. The van der Waals surface area contributed by atoms with Crippen LogP contribution in [-0.2, 0) is 4.79 Å². The van der Waals surface area contributed by atoms with E-state index in [0.29, 0.717) is 47.5 Å². The molecule has 0 fully saturated rings. The number of nitrogens with zero attached hydrogens (tertiary/aromatic N) is 2. The van der Waals surface area contributed by atoms with E-state index < -0.39 is 4.92 Å². The fourth-order valence-electron chi connectivity index (χ4n) is 3.84. The molecule has 1 aliphatic heterocycles. The van der Waals surface area contributed by atoms with Crippen molar-refractivity contribution in [2.45, 2.75) is 35.5 Å². The van der Waals surface area contributed by atoms with Crippen LogP contribution in [0.4, 0.5) is 11.4 Å². The number of nitrogens with one attached hydrogen (secondary N) is 1. The number of carbonyl (C=O) groups excluding carboxylic acids is 3. The lowest BCUT2D eigenvalue weighted by Crippen LogP contribution is -2.30. The predicted octanol–water partition coefficient (Wildman–Crippen LogP) is 5.54. The smallest absolute Gasteiger partial charge is 0.272 e. The minimum absolute atomic E-state index is 0.0952. The zero-order chi connectivity index (χ0) is 24.8. The molecule has 1 aliphatic rings. The van der Waals surface area contributed by atoms with Gasteiger partial charge in [0.05, 0.1) is 16.1 Å². The Morgan fingerprint density at radius 2 is 1.51 bits per heavy atom. The molecule has 4 rings (SSSR count). The number of benzene rings is 3. The van der Waals surface area contributed by atoms with Crippen LogP contribution in [0.3, 0.4) is 0 Å². The van der Waals surface area contributed by atoms with Gasteiger partial charge in [-0.1, -0.05) is 48.5 Å². The van der Waals surface area contributed by atoms with Gasteiger partial charge >= 0.3 is 0 Å². The third-order valence-corrected chi connectivity index (χ3v) is 6.51. The number of nitro benzene ring substituents is 1. The summed E-state index contributed by atoms with van der Waals surface area (Å²) in [6.45, 7) is 0.304. The summed E-state index contributed by atoms with van der Waals surface area (Å²) in [5.74, 6) is -0.807. The van der Waals surface area contributed by atoms with Gasteiger partial charge in [0.15, 0.2) is 0 Å². The van der Waals surface area contributed by atoms with Gasteiger partial charge in [-0.2, -0.15) is 0 Å². The number of amides is 3. The molecular formula is C26H23N3O5S. The minimum Gasteiger partial charge on any atom is -0.326 e. The van der Waals surface area contributed by atoms with Crippen molar-refractivity contribution in [3.63, 3.8) is 0 Å². The molecule has 0 saturated carbocycles. The largest absolute Gasteiger partial charge is 0.326 e. The Kier molecular flexibility index (Phi) is 7.57. The van der Waals surface area contributed by atoms with E-state index >= 15 is 0 Å². The number of nitro groups is 1. The van der Waals surface area contributed by atoms with Crippen LogP contribution >= 0.6 is 11.8 Å². The number of non-ortho nitro benzene ring substituents is 1. The third kappa shape index (κ3) is 5.93. The number of fused-ring (bicyclic) bond motifs is 1. The lowest BCUT2D eigenvalue weighted by Gasteiger charge is -2.13. The molecule has 0 atom stereocenters. The van der Waals surface area contributed by atoms with E-state index in [1.54, 1.807) is 30.3 Å². The highest BCUT2D eigenvalue weighted by Crippen LogP contribution is 2.33. The average Bonchev–Trinajstić information content (AvgIpc) is 3.09. The normalized spacial score (nSPS) is 12.5. The van der Waals surface area contributed by atoms with Crippen molar-refractivity contribution in [3.05, 3.63) is 94.0 Å². The van der Waals surface area contributed by atoms with Gasteiger partial charge in [-0.3, -0.25) is 29.4 Å². The van der Waals surface area contributed by atoms with Gasteiger partial charge in [0.1, 0.15) is 0 Å². The van der Waals surface area contributed by atoms with Gasteiger partial charge in [0, 0.05) is 40.6 Å². The number of anilines is 1. The van der Waals surface area contributed by atoms with E-state index in [1.807, 2.05) is 30.3 Å². The van der Waals surface area contributed by atoms with Gasteiger partial charge in [0.25, 0.3) is 17.5 Å². The molecule has 0 aliphatic carbocycles. The van der Waals surface area contributed by atoms with Crippen molar-refractivity contribution in [1.82, 2.24) is 4.90 Å². The Hall–Kier alpha value is -3.98. The van der Waals surface area contributed by atoms with E-state index in [9.17, 15) is 24.5 Å². The van der Waals surface area contributed by atoms with Crippen LogP contribution in [0.15, 0.2) is 82.6 Å². The molecule has 35 heavy (non-hydrogen) atoms. The molecule has 0 aromatic heterocycles. The van der Waals surface area contributed by atoms with Gasteiger partial charge < -0.3 is 5.32 Å². The Balaban J connectivity index is 1.27. The average molecular weight is 490 g/mol. The summed E-state index contributed by atoms with van der Waals surface area (Å²) >= 11 is 1.38. The van der Waals surface area contributed by atoms with Gasteiger partial charge in [0.2, 0.25) is 5.91 Å². The molecule has 3 aromatic carbocycles. The van der Waals surface area contributed by atoms with Gasteiger partial charge in [-0.15, -0.1) is 0 Å². The van der Waals surface area contributed by atoms with Crippen LogP contribution in [0, 0.1) is 10.1 Å². The number of carbonyl (C=O) groups is 3. The fourth-order valence-corrected chi connectivity index (χ4v) is 4.77. The second-order valence-corrected chi connectivity index (χ2v) is 9.20. The summed E-state index contributed by atoms with van der Waals surface area (Å²) in [4.78, 5) is 50.9. The van der Waals surface area contributed by atoms with E-state index in [1.165, 1.54) is 28.8 Å². The molecule has 0 spiro atoms. The monoisotopic (exact) mass is 489 g/mol. The zero-order valence-electron chi connectivity index (χ0n) is 18.8. The molecule has 3 aromatic rings. The van der Waals surface area contributed by atoms with Crippen molar-refractivity contribution in [2.75, 3.05) is 11.9 Å². The maximum atomic E-state index is 12.4. The van der Waals surface area contributed by atoms with E-state index in [-0.39, 0.29) is 29.8 Å². The first-order valence-corrected chi connectivity index (χ1v) is 12.0. The molecule has 0 bridgehead atoms. The summed E-state index contributed by atoms with van der Waals surface area (Å²) in [6.07, 6.45) is 2.04. The molecular weight excluding hydrogens is 466 g/mol. The van der Waals surface area contributed by atoms with Crippen molar-refractivity contribution in [2.24, 2.45) is 0 Å². The molecule has 1 N–H and O–H groups in total. The summed E-state index contributed by atoms with van der Waals surface area (Å²) < 4.78 is 0. The van der Waals surface area contributed by atoms with Crippen LogP contribution in [0.25, 0.3) is 0 Å². The quantitative estimate of drug-likeness (QED) is 0.173. The highest BCUT2D eigenvalue weighted by atomic mass is 32.2. The van der Waals surface area contributed by atoms with E-state index in [2.05, 4.69) is 5.32 Å². The Morgan fingerprint density at radius 1 is 0.857 bits per heavy atom. The Morgan fingerprint density at radius 3 is 2.17 bits per heavy atom. The maximum Gasteiger partial charge on any atom is 0.272 e. The third-order valence-electron chi connectivity index (χ3n) is 5.53. The second kappa shape index (κ2) is 11.0. The second-order valence-electron chi connectivity index (χ2n) is 8.05. The van der Waals surface area contributed by atoms with Crippen molar-refractivity contribution < 1.29 is 19.3 Å². The Labute approximate surface area is 206 Å². The molecule has 1 heterocycles. The number of hydrogen-bond acceptors (Lipinski definition) is 6. The first kappa shape index (κ1) is 24.2. The standard InChI is InChI=1S/C26H23N3O5S/c30-24(13-5-2-8-14-28-25(31)22-11-6-7-12-23(22)26(28)32)27-18-15-19(29(33)34)17-21(16-18)35-20-9-3-1-4-10-20/h1,3-4,6-7,9-12,15-17H,2,5,8,13-14H2,(H,27,30). The lowest BCUT2D eigenvalue weighted by atomic mass is 10.1. The van der Waals surface area contributed by atoms with Gasteiger partial charge in [-0.05, 0) is 43.2 Å². The number of imide groups is 1. The highest BCUT2D eigenvalue weighted by molar-refractivity contribution is 7.99. The van der Waals surface area contributed by atoms with Crippen LogP contribution < -0.4 is 5.32 Å². The first-order valence-electron chi connectivity index (χ1n) is 11.2. The number of hydrogen-bond donors (Lipinski definition) is 1. The van der Waals surface area contributed by atoms with Crippen molar-refractivity contribution in [1.29, 1.82) is 0 Å².